The monoisotopic (exact) mass is 456 g/mol. The molecule has 0 atom stereocenters. The van der Waals surface area contributed by atoms with Gasteiger partial charge in [0, 0.05) is 18.7 Å². The topological polar surface area (TPSA) is 106 Å². The zero-order valence-corrected chi connectivity index (χ0v) is 17.7. The number of H-pyrrole nitrogens is 1. The van der Waals surface area contributed by atoms with E-state index in [4.69, 9.17) is 21.1 Å². The van der Waals surface area contributed by atoms with Gasteiger partial charge in [-0.05, 0) is 36.4 Å². The van der Waals surface area contributed by atoms with Gasteiger partial charge in [-0.25, -0.2) is 13.4 Å². The number of hydrogen-bond acceptors (Lipinski definition) is 6. The van der Waals surface area contributed by atoms with Crippen LogP contribution in [0.4, 0.5) is 5.69 Å². The van der Waals surface area contributed by atoms with Crippen molar-refractivity contribution >= 4 is 38.3 Å². The maximum Gasteiger partial charge on any atom is 0.262 e. The first kappa shape index (κ1) is 19.7. The number of anilines is 1. The fraction of sp³-hybridized carbons (Fsp3) is 0.143. The summed E-state index contributed by atoms with van der Waals surface area (Å²) in [5.41, 5.74) is 2.45. The lowest BCUT2D eigenvalue weighted by Gasteiger charge is -2.13. The van der Waals surface area contributed by atoms with Gasteiger partial charge < -0.3 is 14.5 Å². The predicted octanol–water partition coefficient (Wildman–Crippen LogP) is 4.24. The lowest BCUT2D eigenvalue weighted by atomic mass is 10.3. The highest BCUT2D eigenvalue weighted by Gasteiger charge is 2.22. The number of ether oxygens (including phenoxy) is 2. The second-order valence-electron chi connectivity index (χ2n) is 6.92. The SMILES string of the molecule is O=S(=O)(Nc1ccc2nc(-c3ccccn3)[nH]c2c1)c1cc(Cl)c2c(c1)OCCCO2. The Morgan fingerprint density at radius 2 is 1.94 bits per heavy atom. The van der Waals surface area contributed by atoms with E-state index in [2.05, 4.69) is 19.7 Å². The van der Waals surface area contributed by atoms with Crippen molar-refractivity contribution in [1.82, 2.24) is 15.0 Å². The van der Waals surface area contributed by atoms with Crippen molar-refractivity contribution in [3.63, 3.8) is 0 Å². The van der Waals surface area contributed by atoms with Gasteiger partial charge in [-0.15, -0.1) is 0 Å². The van der Waals surface area contributed by atoms with Crippen molar-refractivity contribution in [2.45, 2.75) is 11.3 Å². The number of hydrogen-bond donors (Lipinski definition) is 2. The Balaban J connectivity index is 1.46. The Kier molecular flexibility index (Phi) is 4.91. The van der Waals surface area contributed by atoms with E-state index < -0.39 is 10.0 Å². The third-order valence-corrected chi connectivity index (χ3v) is 6.37. The second-order valence-corrected chi connectivity index (χ2v) is 9.01. The molecule has 10 heteroatoms. The number of rotatable bonds is 4. The number of aromatic nitrogens is 3. The zero-order valence-electron chi connectivity index (χ0n) is 16.1. The molecule has 2 aromatic carbocycles. The molecule has 0 bridgehead atoms. The highest BCUT2D eigenvalue weighted by molar-refractivity contribution is 7.92. The number of pyridine rings is 1. The van der Waals surface area contributed by atoms with Crippen LogP contribution >= 0.6 is 11.6 Å². The fourth-order valence-electron chi connectivity index (χ4n) is 3.27. The molecule has 31 heavy (non-hydrogen) atoms. The van der Waals surface area contributed by atoms with Crippen LogP contribution in [-0.2, 0) is 10.0 Å². The van der Waals surface area contributed by atoms with Crippen LogP contribution < -0.4 is 14.2 Å². The summed E-state index contributed by atoms with van der Waals surface area (Å²) in [6, 6.07) is 13.4. The number of fused-ring (bicyclic) bond motifs is 2. The van der Waals surface area contributed by atoms with Crippen molar-refractivity contribution in [2.24, 2.45) is 0 Å². The summed E-state index contributed by atoms with van der Waals surface area (Å²) in [7, 11) is -3.91. The molecule has 1 aliphatic heterocycles. The Hall–Kier alpha value is -3.30. The molecule has 0 amide bonds. The van der Waals surface area contributed by atoms with E-state index in [1.807, 2.05) is 18.2 Å². The smallest absolute Gasteiger partial charge is 0.262 e. The van der Waals surface area contributed by atoms with Gasteiger partial charge in [0.25, 0.3) is 10.0 Å². The summed E-state index contributed by atoms with van der Waals surface area (Å²) in [5.74, 6) is 1.28. The van der Waals surface area contributed by atoms with E-state index in [0.717, 1.165) is 0 Å². The number of sulfonamides is 1. The van der Waals surface area contributed by atoms with Gasteiger partial charge in [-0.2, -0.15) is 0 Å². The molecule has 0 fully saturated rings. The minimum atomic E-state index is -3.91. The van der Waals surface area contributed by atoms with Crippen molar-refractivity contribution in [1.29, 1.82) is 0 Å². The number of halogens is 1. The van der Waals surface area contributed by atoms with Crippen LogP contribution in [0.15, 0.2) is 59.6 Å². The Bertz CT molecular complexity index is 1370. The van der Waals surface area contributed by atoms with Crippen molar-refractivity contribution < 1.29 is 17.9 Å². The van der Waals surface area contributed by atoms with Crippen LogP contribution in [0.25, 0.3) is 22.6 Å². The van der Waals surface area contributed by atoms with Crippen molar-refractivity contribution in [3.05, 3.63) is 59.8 Å². The largest absolute Gasteiger partial charge is 0.489 e. The van der Waals surface area contributed by atoms with Gasteiger partial charge in [0.1, 0.15) is 5.69 Å². The van der Waals surface area contributed by atoms with Gasteiger partial charge in [0.15, 0.2) is 17.3 Å². The number of imidazole rings is 1. The van der Waals surface area contributed by atoms with Gasteiger partial charge in [0.2, 0.25) is 0 Å². The van der Waals surface area contributed by atoms with E-state index in [9.17, 15) is 8.42 Å². The quantitative estimate of drug-likeness (QED) is 0.475. The normalized spacial score (nSPS) is 13.7. The van der Waals surface area contributed by atoms with Gasteiger partial charge in [-0.3, -0.25) is 9.71 Å². The molecule has 158 valence electrons. The minimum absolute atomic E-state index is 0.0133. The van der Waals surface area contributed by atoms with E-state index >= 15 is 0 Å². The summed E-state index contributed by atoms with van der Waals surface area (Å²) in [6.45, 7) is 0.886. The van der Waals surface area contributed by atoms with Gasteiger partial charge in [-0.1, -0.05) is 17.7 Å². The second kappa shape index (κ2) is 7.75. The highest BCUT2D eigenvalue weighted by atomic mass is 35.5. The first-order valence-electron chi connectivity index (χ1n) is 9.53. The predicted molar refractivity (Wildman–Crippen MR) is 117 cm³/mol. The van der Waals surface area contributed by atoms with Gasteiger partial charge >= 0.3 is 0 Å². The summed E-state index contributed by atoms with van der Waals surface area (Å²) < 4.78 is 39.7. The molecule has 3 heterocycles. The minimum Gasteiger partial charge on any atom is -0.489 e. The molecule has 0 unspecified atom stereocenters. The van der Waals surface area contributed by atoms with Crippen LogP contribution in [0.1, 0.15) is 6.42 Å². The third-order valence-electron chi connectivity index (χ3n) is 4.73. The maximum atomic E-state index is 13.0. The van der Waals surface area contributed by atoms with Crippen LogP contribution in [0.3, 0.4) is 0 Å². The summed E-state index contributed by atoms with van der Waals surface area (Å²) in [4.78, 5) is 11.9. The van der Waals surface area contributed by atoms with E-state index in [-0.39, 0.29) is 9.92 Å². The Morgan fingerprint density at radius 1 is 1.06 bits per heavy atom. The number of nitrogens with zero attached hydrogens (tertiary/aromatic N) is 2. The summed E-state index contributed by atoms with van der Waals surface area (Å²) in [5, 5.41) is 0.184. The first-order valence-corrected chi connectivity index (χ1v) is 11.4. The third kappa shape index (κ3) is 3.89. The van der Waals surface area contributed by atoms with Crippen LogP contribution in [0.5, 0.6) is 11.5 Å². The number of aromatic amines is 1. The average molecular weight is 457 g/mol. The molecule has 0 radical (unpaired) electrons. The molecule has 5 rings (SSSR count). The molecular formula is C21H17ClN4O4S. The molecule has 2 N–H and O–H groups in total. The zero-order chi connectivity index (χ0) is 21.4. The molecule has 0 saturated carbocycles. The molecule has 0 spiro atoms. The summed E-state index contributed by atoms with van der Waals surface area (Å²) in [6.07, 6.45) is 2.37. The molecule has 1 aliphatic rings. The van der Waals surface area contributed by atoms with E-state index in [1.54, 1.807) is 24.4 Å². The lowest BCUT2D eigenvalue weighted by Crippen LogP contribution is -2.13. The fourth-order valence-corrected chi connectivity index (χ4v) is 4.69. The van der Waals surface area contributed by atoms with Crippen LogP contribution in [-0.4, -0.2) is 36.6 Å². The van der Waals surface area contributed by atoms with Crippen LogP contribution in [0.2, 0.25) is 5.02 Å². The maximum absolute atomic E-state index is 13.0. The number of nitrogens with one attached hydrogen (secondary N) is 2. The molecule has 0 saturated heterocycles. The summed E-state index contributed by atoms with van der Waals surface area (Å²) >= 11 is 6.25. The van der Waals surface area contributed by atoms with E-state index in [0.29, 0.717) is 59.4 Å². The number of benzene rings is 2. The highest BCUT2D eigenvalue weighted by Crippen LogP contribution is 2.39. The lowest BCUT2D eigenvalue weighted by molar-refractivity contribution is 0.297. The Morgan fingerprint density at radius 3 is 2.77 bits per heavy atom. The van der Waals surface area contributed by atoms with E-state index in [1.165, 1.54) is 12.1 Å². The van der Waals surface area contributed by atoms with Gasteiger partial charge in [0.05, 0.1) is 39.9 Å². The van der Waals surface area contributed by atoms with Crippen molar-refractivity contribution in [3.8, 4) is 23.0 Å². The molecule has 0 aliphatic carbocycles. The standard InChI is InChI=1S/C21H17ClN4O4S/c22-15-11-14(12-19-20(15)30-9-3-8-29-19)31(27,28)26-13-5-6-16-18(10-13)25-21(24-16)17-4-1-2-7-23-17/h1-2,4-7,10-12,26H,3,8-9H2,(H,24,25). The molecule has 4 aromatic rings. The first-order chi connectivity index (χ1) is 15.0. The molecule has 8 nitrogen and oxygen atoms in total. The molecular weight excluding hydrogens is 440 g/mol. The average Bonchev–Trinajstić information content (AvgIpc) is 3.03. The van der Waals surface area contributed by atoms with Crippen LogP contribution in [0, 0.1) is 0 Å². The molecule has 2 aromatic heterocycles. The Labute approximate surface area is 183 Å². The van der Waals surface area contributed by atoms with Crippen molar-refractivity contribution in [2.75, 3.05) is 17.9 Å².